The van der Waals surface area contributed by atoms with Crippen LogP contribution >= 0.6 is 0 Å². The van der Waals surface area contributed by atoms with E-state index in [4.69, 9.17) is 9.84 Å². The molecule has 0 amide bonds. The van der Waals surface area contributed by atoms with Crippen LogP contribution in [0.25, 0.3) is 0 Å². The number of para-hydroxylation sites is 1. The van der Waals surface area contributed by atoms with Crippen molar-refractivity contribution in [3.63, 3.8) is 0 Å². The minimum atomic E-state index is -0.661. The van der Waals surface area contributed by atoms with Crippen LogP contribution in [0, 0.1) is 5.92 Å². The van der Waals surface area contributed by atoms with Crippen LogP contribution in [0.1, 0.15) is 38.2 Å². The molecule has 4 heteroatoms. The summed E-state index contributed by atoms with van der Waals surface area (Å²) in [5.74, 6) is 0.0581. The fourth-order valence-electron chi connectivity index (χ4n) is 2.80. The van der Waals surface area contributed by atoms with Gasteiger partial charge in [-0.15, -0.1) is 0 Å². The van der Waals surface area contributed by atoms with E-state index in [0.717, 1.165) is 43.5 Å². The van der Waals surface area contributed by atoms with Gasteiger partial charge in [-0.05, 0) is 32.3 Å². The van der Waals surface area contributed by atoms with Gasteiger partial charge in [0.1, 0.15) is 5.75 Å². The minimum absolute atomic E-state index is 0.191. The zero-order valence-corrected chi connectivity index (χ0v) is 12.0. The molecule has 0 bridgehead atoms. The second kappa shape index (κ2) is 7.29. The Labute approximate surface area is 120 Å². The SMILES string of the molecule is CCOc1ccccc1CNC1CCCC(C(=O)O)C1. The number of rotatable bonds is 6. The molecule has 0 aromatic heterocycles. The number of carboxylic acids is 1. The minimum Gasteiger partial charge on any atom is -0.494 e. The van der Waals surface area contributed by atoms with Gasteiger partial charge in [-0.2, -0.15) is 0 Å². The average Bonchev–Trinajstić information content (AvgIpc) is 2.47. The first kappa shape index (κ1) is 14.9. The highest BCUT2D eigenvalue weighted by Crippen LogP contribution is 2.25. The third kappa shape index (κ3) is 3.97. The molecule has 2 unspecified atom stereocenters. The van der Waals surface area contributed by atoms with E-state index in [1.807, 2.05) is 25.1 Å². The molecule has 20 heavy (non-hydrogen) atoms. The first-order valence-corrected chi connectivity index (χ1v) is 7.37. The molecule has 0 radical (unpaired) electrons. The Morgan fingerprint density at radius 3 is 2.95 bits per heavy atom. The summed E-state index contributed by atoms with van der Waals surface area (Å²) in [5, 5.41) is 12.6. The lowest BCUT2D eigenvalue weighted by Crippen LogP contribution is -2.36. The molecular formula is C16H23NO3. The van der Waals surface area contributed by atoms with E-state index in [1.54, 1.807) is 0 Å². The fourth-order valence-corrected chi connectivity index (χ4v) is 2.80. The van der Waals surface area contributed by atoms with Crippen LogP contribution in [0.3, 0.4) is 0 Å². The van der Waals surface area contributed by atoms with E-state index in [2.05, 4.69) is 11.4 Å². The smallest absolute Gasteiger partial charge is 0.306 e. The third-order valence-electron chi connectivity index (χ3n) is 3.88. The van der Waals surface area contributed by atoms with Crippen LogP contribution in [0.2, 0.25) is 0 Å². The van der Waals surface area contributed by atoms with Crippen molar-refractivity contribution in [3.05, 3.63) is 29.8 Å². The molecule has 2 atom stereocenters. The molecule has 1 aliphatic carbocycles. The van der Waals surface area contributed by atoms with Gasteiger partial charge in [0, 0.05) is 18.2 Å². The summed E-state index contributed by atoms with van der Waals surface area (Å²) in [6, 6.07) is 8.28. The van der Waals surface area contributed by atoms with Crippen molar-refractivity contribution in [1.82, 2.24) is 5.32 Å². The largest absolute Gasteiger partial charge is 0.494 e. The highest BCUT2D eigenvalue weighted by atomic mass is 16.5. The quantitative estimate of drug-likeness (QED) is 0.839. The molecule has 0 heterocycles. The number of aliphatic carboxylic acids is 1. The van der Waals surface area contributed by atoms with Gasteiger partial charge < -0.3 is 15.2 Å². The van der Waals surface area contributed by atoms with Crippen molar-refractivity contribution < 1.29 is 14.6 Å². The van der Waals surface area contributed by atoms with E-state index in [1.165, 1.54) is 0 Å². The Bertz CT molecular complexity index is 447. The summed E-state index contributed by atoms with van der Waals surface area (Å²) in [6.45, 7) is 3.36. The van der Waals surface area contributed by atoms with Crippen molar-refractivity contribution in [1.29, 1.82) is 0 Å². The van der Waals surface area contributed by atoms with Crippen molar-refractivity contribution in [2.45, 2.75) is 45.2 Å². The Balaban J connectivity index is 1.90. The highest BCUT2D eigenvalue weighted by Gasteiger charge is 2.26. The summed E-state index contributed by atoms with van der Waals surface area (Å²) in [6.07, 6.45) is 3.58. The van der Waals surface area contributed by atoms with Crippen molar-refractivity contribution >= 4 is 5.97 Å². The van der Waals surface area contributed by atoms with Gasteiger partial charge in [-0.3, -0.25) is 4.79 Å². The second-order valence-electron chi connectivity index (χ2n) is 5.32. The van der Waals surface area contributed by atoms with Crippen molar-refractivity contribution in [3.8, 4) is 5.75 Å². The van der Waals surface area contributed by atoms with Gasteiger partial charge in [-0.25, -0.2) is 0 Å². The predicted molar refractivity (Wildman–Crippen MR) is 77.8 cm³/mol. The van der Waals surface area contributed by atoms with Gasteiger partial charge >= 0.3 is 5.97 Å². The van der Waals surface area contributed by atoms with E-state index in [0.29, 0.717) is 12.6 Å². The van der Waals surface area contributed by atoms with E-state index in [-0.39, 0.29) is 5.92 Å². The molecule has 110 valence electrons. The van der Waals surface area contributed by atoms with Crippen LogP contribution < -0.4 is 10.1 Å². The van der Waals surface area contributed by atoms with Crippen LogP contribution in [-0.4, -0.2) is 23.7 Å². The summed E-state index contributed by atoms with van der Waals surface area (Å²) in [4.78, 5) is 11.1. The molecular weight excluding hydrogens is 254 g/mol. The standard InChI is InChI=1S/C16H23NO3/c1-2-20-15-9-4-3-6-13(15)11-17-14-8-5-7-12(10-14)16(18)19/h3-4,6,9,12,14,17H,2,5,7-8,10-11H2,1H3,(H,18,19). The van der Waals surface area contributed by atoms with Crippen LogP contribution in [0.5, 0.6) is 5.75 Å². The fraction of sp³-hybridized carbons (Fsp3) is 0.562. The summed E-state index contributed by atoms with van der Waals surface area (Å²) >= 11 is 0. The van der Waals surface area contributed by atoms with E-state index >= 15 is 0 Å². The lowest BCUT2D eigenvalue weighted by atomic mass is 9.86. The Morgan fingerprint density at radius 2 is 2.20 bits per heavy atom. The van der Waals surface area contributed by atoms with E-state index < -0.39 is 5.97 Å². The van der Waals surface area contributed by atoms with Gasteiger partial charge in [-0.1, -0.05) is 24.6 Å². The molecule has 0 spiro atoms. The maximum absolute atomic E-state index is 11.1. The molecule has 1 fully saturated rings. The molecule has 1 aromatic rings. The normalized spacial score (nSPS) is 22.4. The van der Waals surface area contributed by atoms with Crippen molar-refractivity contribution in [2.24, 2.45) is 5.92 Å². The second-order valence-corrected chi connectivity index (χ2v) is 5.32. The molecule has 0 aliphatic heterocycles. The first-order valence-electron chi connectivity index (χ1n) is 7.37. The molecule has 1 aromatic carbocycles. The molecule has 0 saturated heterocycles. The third-order valence-corrected chi connectivity index (χ3v) is 3.88. The zero-order chi connectivity index (χ0) is 14.4. The maximum atomic E-state index is 11.1. The maximum Gasteiger partial charge on any atom is 0.306 e. The van der Waals surface area contributed by atoms with E-state index in [9.17, 15) is 4.79 Å². The van der Waals surface area contributed by atoms with Crippen molar-refractivity contribution in [2.75, 3.05) is 6.61 Å². The number of hydrogen-bond acceptors (Lipinski definition) is 3. The topological polar surface area (TPSA) is 58.6 Å². The number of hydrogen-bond donors (Lipinski definition) is 2. The zero-order valence-electron chi connectivity index (χ0n) is 12.0. The van der Waals surface area contributed by atoms with Crippen LogP contribution in [0.15, 0.2) is 24.3 Å². The number of ether oxygens (including phenoxy) is 1. The highest BCUT2D eigenvalue weighted by molar-refractivity contribution is 5.70. The summed E-state index contributed by atoms with van der Waals surface area (Å²) in [5.41, 5.74) is 1.13. The van der Waals surface area contributed by atoms with Crippen LogP contribution in [0.4, 0.5) is 0 Å². The Morgan fingerprint density at radius 1 is 1.40 bits per heavy atom. The van der Waals surface area contributed by atoms with Crippen LogP contribution in [-0.2, 0) is 11.3 Å². The number of carboxylic acid groups (broad SMARTS) is 1. The summed E-state index contributed by atoms with van der Waals surface area (Å²) < 4.78 is 5.60. The first-order chi connectivity index (χ1) is 9.70. The van der Waals surface area contributed by atoms with Gasteiger partial charge in [0.15, 0.2) is 0 Å². The Kier molecular flexibility index (Phi) is 5.41. The molecule has 1 aliphatic rings. The molecule has 4 nitrogen and oxygen atoms in total. The Hall–Kier alpha value is -1.55. The van der Waals surface area contributed by atoms with Gasteiger partial charge in [0.25, 0.3) is 0 Å². The number of carbonyl (C=O) groups is 1. The van der Waals surface area contributed by atoms with Gasteiger partial charge in [0.05, 0.1) is 12.5 Å². The number of benzene rings is 1. The number of nitrogens with one attached hydrogen (secondary N) is 1. The lowest BCUT2D eigenvalue weighted by Gasteiger charge is -2.27. The molecule has 2 N–H and O–H groups in total. The van der Waals surface area contributed by atoms with Gasteiger partial charge in [0.2, 0.25) is 0 Å². The monoisotopic (exact) mass is 277 g/mol. The average molecular weight is 277 g/mol. The molecule has 1 saturated carbocycles. The summed E-state index contributed by atoms with van der Waals surface area (Å²) in [7, 11) is 0. The molecule has 2 rings (SSSR count). The predicted octanol–water partition coefficient (Wildman–Crippen LogP) is 2.82. The lowest BCUT2D eigenvalue weighted by molar-refractivity contribution is -0.143.